The van der Waals surface area contributed by atoms with Crippen molar-refractivity contribution in [3.8, 4) is 0 Å². The van der Waals surface area contributed by atoms with Crippen molar-refractivity contribution in [1.82, 2.24) is 4.57 Å². The first-order chi connectivity index (χ1) is 13.8. The third-order valence-corrected chi connectivity index (χ3v) is 5.47. The van der Waals surface area contributed by atoms with Crippen LogP contribution in [-0.4, -0.2) is 4.57 Å². The van der Waals surface area contributed by atoms with Gasteiger partial charge in [0, 0.05) is 51.1 Å². The van der Waals surface area contributed by atoms with Crippen LogP contribution in [-0.2, 0) is 13.1 Å². The highest BCUT2D eigenvalue weighted by Gasteiger charge is 2.11. The number of benzene rings is 3. The van der Waals surface area contributed by atoms with Crippen molar-refractivity contribution >= 4 is 33.4 Å². The van der Waals surface area contributed by atoms with Crippen LogP contribution in [0.1, 0.15) is 11.1 Å². The summed E-state index contributed by atoms with van der Waals surface area (Å²) < 4.78 is 4.59. The molecule has 28 heavy (non-hydrogen) atoms. The summed E-state index contributed by atoms with van der Waals surface area (Å²) in [5.41, 5.74) is 5.04. The Morgan fingerprint density at radius 3 is 1.96 bits per heavy atom. The van der Waals surface area contributed by atoms with Crippen LogP contribution < -0.4 is 4.57 Å². The minimum atomic E-state index is 0.779. The minimum absolute atomic E-state index is 0.779. The smallest absolute Gasteiger partial charge is 0.173 e. The molecule has 3 heteroatoms. The highest BCUT2D eigenvalue weighted by Crippen LogP contribution is 2.29. The lowest BCUT2D eigenvalue weighted by Crippen LogP contribution is -2.33. The summed E-state index contributed by atoms with van der Waals surface area (Å²) in [7, 11) is 0. The molecule has 5 rings (SSSR count). The van der Waals surface area contributed by atoms with Crippen molar-refractivity contribution in [2.24, 2.45) is 0 Å². The second-order valence-electron chi connectivity index (χ2n) is 7.13. The molecule has 2 aromatic heterocycles. The van der Waals surface area contributed by atoms with E-state index in [9.17, 15) is 0 Å². The van der Waals surface area contributed by atoms with Crippen LogP contribution in [0.4, 0.5) is 0 Å². The van der Waals surface area contributed by atoms with Crippen LogP contribution in [0.25, 0.3) is 21.8 Å². The van der Waals surface area contributed by atoms with Gasteiger partial charge in [-0.1, -0.05) is 60.1 Å². The van der Waals surface area contributed by atoms with E-state index in [1.807, 2.05) is 18.2 Å². The van der Waals surface area contributed by atoms with Crippen LogP contribution in [0, 0.1) is 0 Å². The molecule has 0 fully saturated rings. The van der Waals surface area contributed by atoms with E-state index in [-0.39, 0.29) is 0 Å². The van der Waals surface area contributed by atoms with Crippen LogP contribution >= 0.6 is 11.6 Å². The van der Waals surface area contributed by atoms with Crippen LogP contribution in [0.3, 0.4) is 0 Å². The van der Waals surface area contributed by atoms with Crippen LogP contribution in [0.15, 0.2) is 97.3 Å². The fraction of sp³-hybridized carbons (Fsp3) is 0.0800. The number of aromatic nitrogens is 2. The van der Waals surface area contributed by atoms with Crippen molar-refractivity contribution in [1.29, 1.82) is 0 Å². The summed E-state index contributed by atoms with van der Waals surface area (Å²) in [6, 6.07) is 29.7. The molecule has 2 nitrogen and oxygen atoms in total. The van der Waals surface area contributed by atoms with Crippen LogP contribution in [0.2, 0.25) is 5.02 Å². The van der Waals surface area contributed by atoms with E-state index in [2.05, 4.69) is 88.3 Å². The predicted molar refractivity (Wildman–Crippen MR) is 116 cm³/mol. The van der Waals surface area contributed by atoms with Crippen LogP contribution in [0.5, 0.6) is 0 Å². The lowest BCUT2D eigenvalue weighted by Gasteiger charge is -2.07. The van der Waals surface area contributed by atoms with Gasteiger partial charge in [-0.05, 0) is 29.8 Å². The van der Waals surface area contributed by atoms with Gasteiger partial charge in [0.25, 0.3) is 0 Å². The van der Waals surface area contributed by atoms with E-state index < -0.39 is 0 Å². The number of rotatable bonds is 4. The molecule has 0 aliphatic heterocycles. The van der Waals surface area contributed by atoms with E-state index >= 15 is 0 Å². The topological polar surface area (TPSA) is 8.81 Å². The Morgan fingerprint density at radius 1 is 0.679 bits per heavy atom. The second kappa shape index (κ2) is 7.14. The molecule has 0 aliphatic rings. The van der Waals surface area contributed by atoms with E-state index in [1.54, 1.807) is 0 Å². The Morgan fingerprint density at radius 2 is 1.32 bits per heavy atom. The van der Waals surface area contributed by atoms with Gasteiger partial charge in [0.05, 0.1) is 0 Å². The Hall–Kier alpha value is -3.10. The quantitative estimate of drug-likeness (QED) is 0.345. The monoisotopic (exact) mass is 383 g/mol. The van der Waals surface area contributed by atoms with Gasteiger partial charge in [-0.2, -0.15) is 0 Å². The highest BCUT2D eigenvalue weighted by atomic mass is 35.5. The largest absolute Gasteiger partial charge is 0.336 e. The first-order valence-electron chi connectivity index (χ1n) is 9.46. The molecule has 0 bridgehead atoms. The SMILES string of the molecule is Clc1cccc(C[n+]2ccc(Cn3c4ccccc4c4ccccc43)cc2)c1. The average Bonchev–Trinajstić information content (AvgIpc) is 3.04. The number of para-hydroxylation sites is 2. The summed E-state index contributed by atoms with van der Waals surface area (Å²) in [5.74, 6) is 0. The van der Waals surface area contributed by atoms with Gasteiger partial charge in [-0.3, -0.25) is 0 Å². The standard InChI is InChI=1S/C25H20ClN2/c26-21-7-5-6-20(16-21)17-27-14-12-19(13-15-27)18-28-24-10-3-1-8-22(24)23-9-2-4-11-25(23)28/h1-16H,17-18H2/q+1. The maximum atomic E-state index is 6.10. The summed E-state index contributed by atoms with van der Waals surface area (Å²) in [6.45, 7) is 1.67. The average molecular weight is 384 g/mol. The summed E-state index contributed by atoms with van der Waals surface area (Å²) in [6.07, 6.45) is 4.29. The normalized spacial score (nSPS) is 11.3. The first kappa shape index (κ1) is 17.0. The Kier molecular flexibility index (Phi) is 4.34. The summed E-state index contributed by atoms with van der Waals surface area (Å²) in [5, 5.41) is 3.40. The molecule has 0 spiro atoms. The molecule has 0 unspecified atom stereocenters. The predicted octanol–water partition coefficient (Wildman–Crippen LogP) is 5.83. The summed E-state index contributed by atoms with van der Waals surface area (Å²) in [4.78, 5) is 0. The van der Waals surface area contributed by atoms with Crippen molar-refractivity contribution in [3.05, 3.63) is 113 Å². The molecule has 3 aromatic carbocycles. The number of hydrogen-bond acceptors (Lipinski definition) is 0. The lowest BCUT2D eigenvalue weighted by molar-refractivity contribution is -0.688. The van der Waals surface area contributed by atoms with E-state index in [1.165, 1.54) is 32.9 Å². The third kappa shape index (κ3) is 3.17. The number of hydrogen-bond donors (Lipinski definition) is 0. The number of halogens is 1. The van der Waals surface area contributed by atoms with Crippen molar-refractivity contribution in [2.45, 2.75) is 13.1 Å². The van der Waals surface area contributed by atoms with Crippen molar-refractivity contribution in [2.75, 3.05) is 0 Å². The van der Waals surface area contributed by atoms with E-state index in [4.69, 9.17) is 11.6 Å². The molecule has 0 amide bonds. The molecular weight excluding hydrogens is 364 g/mol. The molecule has 0 aliphatic carbocycles. The molecule has 0 N–H and O–H groups in total. The van der Waals surface area contributed by atoms with Gasteiger partial charge in [0.1, 0.15) is 0 Å². The highest BCUT2D eigenvalue weighted by molar-refractivity contribution is 6.30. The molecule has 0 radical (unpaired) electrons. The van der Waals surface area contributed by atoms with Crippen molar-refractivity contribution < 1.29 is 4.57 Å². The molecular formula is C25H20ClN2+. The lowest BCUT2D eigenvalue weighted by atomic mass is 10.2. The van der Waals surface area contributed by atoms with E-state index in [0.717, 1.165) is 18.1 Å². The zero-order valence-corrected chi connectivity index (χ0v) is 16.2. The molecule has 5 aromatic rings. The molecule has 2 heterocycles. The number of pyridine rings is 1. The van der Waals surface area contributed by atoms with E-state index in [0.29, 0.717) is 0 Å². The van der Waals surface area contributed by atoms with Crippen molar-refractivity contribution in [3.63, 3.8) is 0 Å². The van der Waals surface area contributed by atoms with Gasteiger partial charge in [-0.15, -0.1) is 0 Å². The zero-order chi connectivity index (χ0) is 18.9. The van der Waals surface area contributed by atoms with Gasteiger partial charge >= 0.3 is 0 Å². The maximum Gasteiger partial charge on any atom is 0.173 e. The fourth-order valence-corrected chi connectivity index (χ4v) is 4.11. The zero-order valence-electron chi connectivity index (χ0n) is 15.4. The molecule has 136 valence electrons. The molecule has 0 saturated carbocycles. The van der Waals surface area contributed by atoms with Gasteiger partial charge in [-0.25, -0.2) is 4.57 Å². The van der Waals surface area contributed by atoms with Gasteiger partial charge in [0.2, 0.25) is 0 Å². The maximum absolute atomic E-state index is 6.10. The first-order valence-corrected chi connectivity index (χ1v) is 9.84. The minimum Gasteiger partial charge on any atom is -0.336 e. The Balaban J connectivity index is 1.46. The molecule has 0 saturated heterocycles. The van der Waals surface area contributed by atoms with Gasteiger partial charge in [0.15, 0.2) is 18.9 Å². The molecule has 0 atom stereocenters. The second-order valence-corrected chi connectivity index (χ2v) is 7.57. The Labute approximate surface area is 169 Å². The van der Waals surface area contributed by atoms with Gasteiger partial charge < -0.3 is 4.57 Å². The summed E-state index contributed by atoms with van der Waals surface area (Å²) >= 11 is 6.10. The Bertz CT molecular complexity index is 1220. The fourth-order valence-electron chi connectivity index (χ4n) is 3.90. The third-order valence-electron chi connectivity index (χ3n) is 5.23. The number of nitrogens with zero attached hydrogens (tertiary/aromatic N) is 2. The number of fused-ring (bicyclic) bond motifs is 3.